The fraction of sp³-hybridized carbons (Fsp3) is 0.625. The average molecular weight is 315 g/mol. The maximum absolute atomic E-state index is 6.38. The van der Waals surface area contributed by atoms with Crippen LogP contribution in [0.1, 0.15) is 45.7 Å². The van der Waals surface area contributed by atoms with E-state index in [1.807, 2.05) is 12.1 Å². The molecule has 1 aliphatic rings. The Labute approximate surface area is 132 Å². The highest BCUT2D eigenvalue weighted by molar-refractivity contribution is 6.35. The first-order valence-corrected chi connectivity index (χ1v) is 8.05. The van der Waals surface area contributed by atoms with Gasteiger partial charge in [0.05, 0.1) is 0 Å². The molecule has 1 fully saturated rings. The predicted molar refractivity (Wildman–Crippen MR) is 87.7 cm³/mol. The largest absolute Gasteiger partial charge is 0.309 e. The molecule has 20 heavy (non-hydrogen) atoms. The van der Waals surface area contributed by atoms with Crippen LogP contribution in [0, 0.1) is 0 Å². The third-order valence-corrected chi connectivity index (χ3v) is 4.81. The maximum atomic E-state index is 6.38. The molecule has 2 atom stereocenters. The van der Waals surface area contributed by atoms with E-state index >= 15 is 0 Å². The number of hydrogen-bond donors (Lipinski definition) is 1. The van der Waals surface area contributed by atoms with Crippen molar-refractivity contribution in [2.24, 2.45) is 0 Å². The smallest absolute Gasteiger partial charge is 0.0468 e. The molecule has 0 radical (unpaired) electrons. The van der Waals surface area contributed by atoms with Gasteiger partial charge in [0.2, 0.25) is 0 Å². The second kappa shape index (κ2) is 6.23. The zero-order valence-corrected chi connectivity index (χ0v) is 14.2. The first-order chi connectivity index (χ1) is 9.34. The lowest BCUT2D eigenvalue weighted by atomic mass is 9.94. The summed E-state index contributed by atoms with van der Waals surface area (Å²) >= 11 is 12.4. The summed E-state index contributed by atoms with van der Waals surface area (Å²) in [5.74, 6) is 0. The molecule has 112 valence electrons. The summed E-state index contributed by atoms with van der Waals surface area (Å²) in [6, 6.07) is 6.66. The van der Waals surface area contributed by atoms with E-state index in [9.17, 15) is 0 Å². The highest BCUT2D eigenvalue weighted by atomic mass is 35.5. The first kappa shape index (κ1) is 16.1. The third kappa shape index (κ3) is 3.48. The van der Waals surface area contributed by atoms with Crippen molar-refractivity contribution in [2.75, 3.05) is 13.1 Å². The van der Waals surface area contributed by atoms with Gasteiger partial charge < -0.3 is 5.32 Å². The van der Waals surface area contributed by atoms with E-state index in [0.29, 0.717) is 17.1 Å². The molecule has 1 heterocycles. The van der Waals surface area contributed by atoms with Crippen LogP contribution in [0.25, 0.3) is 0 Å². The van der Waals surface area contributed by atoms with Crippen LogP contribution in [0.2, 0.25) is 10.0 Å². The van der Waals surface area contributed by atoms with Crippen molar-refractivity contribution >= 4 is 23.2 Å². The van der Waals surface area contributed by atoms with Crippen molar-refractivity contribution in [1.82, 2.24) is 10.2 Å². The number of rotatable bonds is 3. The minimum atomic E-state index is 0.138. The molecule has 1 aliphatic heterocycles. The summed E-state index contributed by atoms with van der Waals surface area (Å²) in [6.07, 6.45) is 1.14. The van der Waals surface area contributed by atoms with Gasteiger partial charge in [-0.1, -0.05) is 36.2 Å². The van der Waals surface area contributed by atoms with Crippen LogP contribution in [-0.4, -0.2) is 29.6 Å². The molecule has 1 aromatic carbocycles. The second-order valence-electron chi connectivity index (χ2n) is 6.34. The van der Waals surface area contributed by atoms with E-state index in [2.05, 4.69) is 44.0 Å². The second-order valence-corrected chi connectivity index (χ2v) is 7.18. The zero-order chi connectivity index (χ0) is 14.9. The monoisotopic (exact) mass is 314 g/mol. The number of halogens is 2. The van der Waals surface area contributed by atoms with Crippen molar-refractivity contribution in [1.29, 1.82) is 0 Å². The maximum Gasteiger partial charge on any atom is 0.0468 e. The summed E-state index contributed by atoms with van der Waals surface area (Å²) in [6.45, 7) is 11.0. The molecule has 0 saturated carbocycles. The molecule has 4 heteroatoms. The van der Waals surface area contributed by atoms with Gasteiger partial charge >= 0.3 is 0 Å². The van der Waals surface area contributed by atoms with Crippen molar-refractivity contribution < 1.29 is 0 Å². The highest BCUT2D eigenvalue weighted by Gasteiger charge is 2.34. The molecule has 2 nitrogen and oxygen atoms in total. The Hall–Kier alpha value is -0.280. The lowest BCUT2D eigenvalue weighted by molar-refractivity contribution is 0.0580. The van der Waals surface area contributed by atoms with Gasteiger partial charge in [-0.05, 0) is 44.9 Å². The van der Waals surface area contributed by atoms with Gasteiger partial charge in [0.15, 0.2) is 0 Å². The number of nitrogens with one attached hydrogen (secondary N) is 1. The van der Waals surface area contributed by atoms with Gasteiger partial charge in [0.1, 0.15) is 0 Å². The minimum absolute atomic E-state index is 0.138. The van der Waals surface area contributed by atoms with Crippen LogP contribution < -0.4 is 5.32 Å². The van der Waals surface area contributed by atoms with Crippen LogP contribution in [0.5, 0.6) is 0 Å². The van der Waals surface area contributed by atoms with Gasteiger partial charge in [0.25, 0.3) is 0 Å². The van der Waals surface area contributed by atoms with Gasteiger partial charge in [-0.15, -0.1) is 0 Å². The molecular weight excluding hydrogens is 291 g/mol. The standard InChI is InChI=1S/C16H24Cl2N2/c1-5-13-9-19-16(3,4)10-20(13)11(2)14-7-6-12(17)8-15(14)18/h6-8,11,13,19H,5,9-10H2,1-4H3. The van der Waals surface area contributed by atoms with E-state index in [1.54, 1.807) is 0 Å². The van der Waals surface area contributed by atoms with E-state index < -0.39 is 0 Å². The van der Waals surface area contributed by atoms with Crippen LogP contribution >= 0.6 is 23.2 Å². The van der Waals surface area contributed by atoms with Crippen LogP contribution in [-0.2, 0) is 0 Å². The fourth-order valence-corrected chi connectivity index (χ4v) is 3.57. The van der Waals surface area contributed by atoms with Crippen LogP contribution in [0.15, 0.2) is 18.2 Å². The van der Waals surface area contributed by atoms with Gasteiger partial charge in [-0.3, -0.25) is 4.90 Å². The Morgan fingerprint density at radius 2 is 2.10 bits per heavy atom. The minimum Gasteiger partial charge on any atom is -0.309 e. The Balaban J connectivity index is 2.26. The van der Waals surface area contributed by atoms with Crippen molar-refractivity contribution in [2.45, 2.75) is 51.7 Å². The molecule has 0 aliphatic carbocycles. The van der Waals surface area contributed by atoms with Crippen molar-refractivity contribution in [3.8, 4) is 0 Å². The van der Waals surface area contributed by atoms with Gasteiger partial charge in [0, 0.05) is 40.8 Å². The zero-order valence-electron chi connectivity index (χ0n) is 12.7. The number of piperazine rings is 1. The average Bonchev–Trinajstić information content (AvgIpc) is 2.37. The predicted octanol–water partition coefficient (Wildman–Crippen LogP) is 4.52. The lowest BCUT2D eigenvalue weighted by Crippen LogP contribution is -2.61. The number of benzene rings is 1. The molecular formula is C16H24Cl2N2. The molecule has 0 aromatic heterocycles. The molecule has 0 amide bonds. The van der Waals surface area contributed by atoms with Crippen LogP contribution in [0.3, 0.4) is 0 Å². The highest BCUT2D eigenvalue weighted by Crippen LogP contribution is 2.33. The quantitative estimate of drug-likeness (QED) is 0.882. The number of hydrogen-bond acceptors (Lipinski definition) is 2. The lowest BCUT2D eigenvalue weighted by Gasteiger charge is -2.47. The summed E-state index contributed by atoms with van der Waals surface area (Å²) in [4.78, 5) is 2.56. The summed E-state index contributed by atoms with van der Waals surface area (Å²) in [7, 11) is 0. The molecule has 1 aromatic rings. The topological polar surface area (TPSA) is 15.3 Å². The van der Waals surface area contributed by atoms with E-state index in [0.717, 1.165) is 30.1 Å². The molecule has 2 rings (SSSR count). The Kier molecular flexibility index (Phi) is 5.01. The molecule has 2 unspecified atom stereocenters. The summed E-state index contributed by atoms with van der Waals surface area (Å²) in [5.41, 5.74) is 1.30. The normalized spacial score (nSPS) is 24.6. The molecule has 0 spiro atoms. The molecule has 1 N–H and O–H groups in total. The summed E-state index contributed by atoms with van der Waals surface area (Å²) < 4.78 is 0. The number of nitrogens with zero attached hydrogens (tertiary/aromatic N) is 1. The molecule has 1 saturated heterocycles. The Morgan fingerprint density at radius 1 is 1.40 bits per heavy atom. The van der Waals surface area contributed by atoms with E-state index in [-0.39, 0.29) is 5.54 Å². The van der Waals surface area contributed by atoms with E-state index in [4.69, 9.17) is 23.2 Å². The van der Waals surface area contributed by atoms with Crippen molar-refractivity contribution in [3.63, 3.8) is 0 Å². The van der Waals surface area contributed by atoms with Crippen LogP contribution in [0.4, 0.5) is 0 Å². The van der Waals surface area contributed by atoms with E-state index in [1.165, 1.54) is 0 Å². The Morgan fingerprint density at radius 3 is 2.70 bits per heavy atom. The summed E-state index contributed by atoms with van der Waals surface area (Å²) in [5, 5.41) is 5.08. The third-order valence-electron chi connectivity index (χ3n) is 4.24. The van der Waals surface area contributed by atoms with Gasteiger partial charge in [-0.2, -0.15) is 0 Å². The fourth-order valence-electron chi connectivity index (χ4n) is 3.00. The van der Waals surface area contributed by atoms with Gasteiger partial charge in [-0.25, -0.2) is 0 Å². The molecule has 0 bridgehead atoms. The SMILES string of the molecule is CCC1CNC(C)(C)CN1C(C)c1ccc(Cl)cc1Cl. The van der Waals surface area contributed by atoms with Crippen molar-refractivity contribution in [3.05, 3.63) is 33.8 Å². The Bertz CT molecular complexity index is 474. The first-order valence-electron chi connectivity index (χ1n) is 7.30.